The molecule has 18 heavy (non-hydrogen) atoms. The quantitative estimate of drug-likeness (QED) is 0.384. The maximum absolute atomic E-state index is 8.89. The molecule has 0 bridgehead atoms. The number of carboxylic acids is 4. The summed E-state index contributed by atoms with van der Waals surface area (Å²) in [7, 11) is 0. The van der Waals surface area contributed by atoms with Crippen molar-refractivity contribution in [2.24, 2.45) is 0 Å². The van der Waals surface area contributed by atoms with Crippen LogP contribution < -0.4 is 20.4 Å². The van der Waals surface area contributed by atoms with Gasteiger partial charge in [0.05, 0.1) is 0 Å². The zero-order valence-electron chi connectivity index (χ0n) is 10.7. The normalized spacial score (nSPS) is 5.56. The van der Waals surface area contributed by atoms with Gasteiger partial charge in [0.15, 0.2) is 0 Å². The minimum atomic E-state index is -1.08. The summed E-state index contributed by atoms with van der Waals surface area (Å²) in [6, 6.07) is 0. The zero-order valence-corrected chi connectivity index (χ0v) is 16.4. The molecule has 0 aliphatic rings. The number of rotatable bonds is 0. The van der Waals surface area contributed by atoms with Crippen molar-refractivity contribution in [1.29, 1.82) is 0 Å². The van der Waals surface area contributed by atoms with Gasteiger partial charge < -0.3 is 39.6 Å². The molecule has 0 spiro atoms. The van der Waals surface area contributed by atoms with Gasteiger partial charge >= 0.3 is 83.2 Å². The molecule has 0 atom stereocenters. The maximum Gasteiger partial charge on any atom is 2.00 e. The van der Waals surface area contributed by atoms with Crippen LogP contribution in [0.5, 0.6) is 0 Å². The molecule has 0 aromatic heterocycles. The van der Waals surface area contributed by atoms with Crippen LogP contribution in [0.4, 0.5) is 0 Å². The van der Waals surface area contributed by atoms with Crippen LogP contribution in [0.2, 0.25) is 0 Å². The van der Waals surface area contributed by atoms with Gasteiger partial charge in [-0.05, 0) is 27.7 Å². The average Bonchev–Trinajstić information content (AvgIpc) is 1.76. The molecule has 0 saturated heterocycles. The fourth-order valence-electron chi connectivity index (χ4n) is 0. The van der Waals surface area contributed by atoms with Crippen molar-refractivity contribution < 1.29 is 39.6 Å². The molecule has 8 nitrogen and oxygen atoms in total. The molecule has 0 aromatic rings. The van der Waals surface area contributed by atoms with Crippen molar-refractivity contribution in [3.05, 3.63) is 0 Å². The van der Waals surface area contributed by atoms with Gasteiger partial charge in [0.25, 0.3) is 0 Å². The van der Waals surface area contributed by atoms with Gasteiger partial charge in [-0.2, -0.15) is 0 Å². The summed E-state index contributed by atoms with van der Waals surface area (Å²) in [5.74, 6) is -4.33. The Bertz CT molecular complexity index is 167. The van der Waals surface area contributed by atoms with E-state index in [1.165, 1.54) is 0 Å². The Morgan fingerprint density at radius 3 is 0.556 bits per heavy atom. The van der Waals surface area contributed by atoms with E-state index >= 15 is 0 Å². The third-order valence-corrected chi connectivity index (χ3v) is 0. The Kier molecular flexibility index (Phi) is 61.6. The molecule has 0 aromatic carbocycles. The molecule has 10 heteroatoms. The molecule has 0 unspecified atom stereocenters. The van der Waals surface area contributed by atoms with Crippen LogP contribution in [0.1, 0.15) is 27.7 Å². The maximum atomic E-state index is 8.89. The molecule has 0 N–H and O–H groups in total. The second kappa shape index (κ2) is 30.6. The van der Waals surface area contributed by atoms with E-state index in [9.17, 15) is 0 Å². The molecule has 0 aliphatic heterocycles. The van der Waals surface area contributed by atoms with Crippen LogP contribution >= 0.6 is 0 Å². The monoisotopic (exact) mass is 364 g/mol. The van der Waals surface area contributed by atoms with Gasteiger partial charge in [0.1, 0.15) is 0 Å². The summed E-state index contributed by atoms with van der Waals surface area (Å²) in [5, 5.41) is 35.6. The van der Waals surface area contributed by atoms with E-state index in [1.807, 2.05) is 0 Å². The number of carbonyl (C=O) groups is 4. The summed E-state index contributed by atoms with van der Waals surface area (Å²) in [6.45, 7) is 3.89. The summed E-state index contributed by atoms with van der Waals surface area (Å²) in [4.78, 5) is 35.6. The first-order chi connectivity index (χ1) is 6.93. The number of carboxylic acid groups (broad SMARTS) is 4. The van der Waals surface area contributed by atoms with Gasteiger partial charge in [-0.1, -0.05) is 0 Å². The van der Waals surface area contributed by atoms with Gasteiger partial charge in [-0.3, -0.25) is 0 Å². The topological polar surface area (TPSA) is 161 Å². The Labute approximate surface area is 172 Å². The van der Waals surface area contributed by atoms with Crippen LogP contribution in [0.15, 0.2) is 0 Å². The van der Waals surface area contributed by atoms with Gasteiger partial charge in [-0.25, -0.2) is 0 Å². The first-order valence-corrected chi connectivity index (χ1v) is 3.63. The summed E-state index contributed by atoms with van der Waals surface area (Å²) >= 11 is 0. The number of hydrogen-bond donors (Lipinski definition) is 0. The summed E-state index contributed by atoms with van der Waals surface area (Å²) in [5.41, 5.74) is 0. The Hall–Kier alpha value is 0.620. The third-order valence-electron chi connectivity index (χ3n) is 0. The first-order valence-electron chi connectivity index (χ1n) is 3.63. The van der Waals surface area contributed by atoms with Gasteiger partial charge in [0, 0.05) is 23.9 Å². The molecule has 0 radical (unpaired) electrons. The van der Waals surface area contributed by atoms with Crippen LogP contribution in [-0.4, -0.2) is 107 Å². The Morgan fingerprint density at radius 2 is 0.556 bits per heavy atom. The summed E-state index contributed by atoms with van der Waals surface area (Å²) < 4.78 is 0. The molecular weight excluding hydrogens is 352 g/mol. The Morgan fingerprint density at radius 1 is 0.556 bits per heavy atom. The molecule has 0 saturated carbocycles. The second-order valence-electron chi connectivity index (χ2n) is 1.97. The van der Waals surface area contributed by atoms with Gasteiger partial charge in [-0.15, -0.1) is 0 Å². The molecule has 0 rings (SSSR count). The van der Waals surface area contributed by atoms with E-state index in [0.29, 0.717) is 0 Å². The predicted molar refractivity (Wildman–Crippen MR) is 54.2 cm³/mol. The standard InChI is InChI=1S/4C2H4O2.Ca.Sr/c4*1-2(3)4;;/h4*1H3,(H,3,4);;/q;;;;2*+2/p-4. The van der Waals surface area contributed by atoms with Crippen LogP contribution in [0, 0.1) is 0 Å². The largest absolute Gasteiger partial charge is 2.00 e. The van der Waals surface area contributed by atoms with Crippen molar-refractivity contribution >= 4 is 107 Å². The molecular formula is C8H12CaO8Sr. The SMILES string of the molecule is CC(=O)[O-].CC(=O)[O-].CC(=O)[O-].CC(=O)[O-].[Ca+2].[Sr+2]. The third kappa shape index (κ3) is 10500. The van der Waals surface area contributed by atoms with Crippen LogP contribution in [0.3, 0.4) is 0 Å². The van der Waals surface area contributed by atoms with Crippen molar-refractivity contribution in [3.8, 4) is 0 Å². The summed E-state index contributed by atoms with van der Waals surface area (Å²) in [6.07, 6.45) is 0. The van der Waals surface area contributed by atoms with Crippen molar-refractivity contribution in [1.82, 2.24) is 0 Å². The zero-order chi connectivity index (χ0) is 14.3. The molecule has 0 amide bonds. The van der Waals surface area contributed by atoms with Gasteiger partial charge in [0.2, 0.25) is 0 Å². The molecule has 0 fully saturated rings. The van der Waals surface area contributed by atoms with E-state index in [4.69, 9.17) is 39.6 Å². The van der Waals surface area contributed by atoms with Crippen LogP contribution in [0.25, 0.3) is 0 Å². The van der Waals surface area contributed by atoms with Crippen molar-refractivity contribution in [3.63, 3.8) is 0 Å². The Balaban J connectivity index is -0.0000000257. The van der Waals surface area contributed by atoms with E-state index in [2.05, 4.69) is 0 Å². The van der Waals surface area contributed by atoms with E-state index in [0.717, 1.165) is 27.7 Å². The predicted octanol–water partition coefficient (Wildman–Crippen LogP) is -5.74. The van der Waals surface area contributed by atoms with E-state index < -0.39 is 23.9 Å². The minimum Gasteiger partial charge on any atom is -0.550 e. The smallest absolute Gasteiger partial charge is 0.550 e. The fourth-order valence-corrected chi connectivity index (χ4v) is 0. The fraction of sp³-hybridized carbons (Fsp3) is 0.500. The van der Waals surface area contributed by atoms with E-state index in [-0.39, 0.29) is 83.2 Å². The molecule has 0 heterocycles. The average molecular weight is 364 g/mol. The van der Waals surface area contributed by atoms with Crippen molar-refractivity contribution in [2.45, 2.75) is 27.7 Å². The molecule has 0 aliphatic carbocycles. The minimum absolute atomic E-state index is 0. The van der Waals surface area contributed by atoms with E-state index in [1.54, 1.807) is 0 Å². The first kappa shape index (κ1) is 36.3. The van der Waals surface area contributed by atoms with Crippen molar-refractivity contribution in [2.75, 3.05) is 0 Å². The molecule has 96 valence electrons. The second-order valence-corrected chi connectivity index (χ2v) is 1.97. The van der Waals surface area contributed by atoms with Crippen LogP contribution in [-0.2, 0) is 19.2 Å². The number of aliphatic carboxylic acids is 4. The number of carbonyl (C=O) groups excluding carboxylic acids is 4. The number of hydrogen-bond acceptors (Lipinski definition) is 8.